The number of carbonyl (C=O) groups is 1. The van der Waals surface area contributed by atoms with Gasteiger partial charge in [0.15, 0.2) is 11.5 Å². The maximum Gasteiger partial charge on any atom is 0.235 e. The predicted molar refractivity (Wildman–Crippen MR) is 83.3 cm³/mol. The summed E-state index contributed by atoms with van der Waals surface area (Å²) in [5, 5.41) is 2.57. The first kappa shape index (κ1) is 14.9. The van der Waals surface area contributed by atoms with Crippen molar-refractivity contribution in [2.75, 3.05) is 18.5 Å². The van der Waals surface area contributed by atoms with E-state index < -0.39 is 17.0 Å². The van der Waals surface area contributed by atoms with Crippen molar-refractivity contribution < 1.29 is 23.0 Å². The SMILES string of the molecule is O=C(Nc1ccc(F)cc1F)C1(c2ccc3c(c2)OCCO3)CC1. The minimum atomic E-state index is -0.790. The van der Waals surface area contributed by atoms with E-state index in [1.165, 1.54) is 6.07 Å². The number of nitrogens with one attached hydrogen (secondary N) is 1. The van der Waals surface area contributed by atoms with Crippen molar-refractivity contribution in [1.29, 1.82) is 0 Å². The van der Waals surface area contributed by atoms with Crippen LogP contribution in [-0.4, -0.2) is 19.1 Å². The Morgan fingerprint density at radius 2 is 1.75 bits per heavy atom. The molecule has 1 fully saturated rings. The average molecular weight is 331 g/mol. The summed E-state index contributed by atoms with van der Waals surface area (Å²) >= 11 is 0. The van der Waals surface area contributed by atoms with Crippen LogP contribution >= 0.6 is 0 Å². The van der Waals surface area contributed by atoms with Crippen LogP contribution in [0.5, 0.6) is 11.5 Å². The average Bonchev–Trinajstić information content (AvgIpc) is 3.39. The Labute approximate surface area is 137 Å². The second kappa shape index (κ2) is 5.47. The maximum atomic E-state index is 13.8. The van der Waals surface area contributed by atoms with E-state index in [0.29, 0.717) is 37.6 Å². The van der Waals surface area contributed by atoms with Gasteiger partial charge < -0.3 is 14.8 Å². The molecule has 4 rings (SSSR count). The highest BCUT2D eigenvalue weighted by Crippen LogP contribution is 2.51. The maximum absolute atomic E-state index is 13.8. The molecule has 0 spiro atoms. The van der Waals surface area contributed by atoms with Crippen LogP contribution < -0.4 is 14.8 Å². The van der Waals surface area contributed by atoms with E-state index in [9.17, 15) is 13.6 Å². The van der Waals surface area contributed by atoms with E-state index in [2.05, 4.69) is 5.32 Å². The molecule has 2 aromatic rings. The third-order valence-electron chi connectivity index (χ3n) is 4.46. The van der Waals surface area contributed by atoms with Gasteiger partial charge in [0.05, 0.1) is 11.1 Å². The quantitative estimate of drug-likeness (QED) is 0.938. The fourth-order valence-corrected chi connectivity index (χ4v) is 2.95. The molecule has 0 unspecified atom stereocenters. The van der Waals surface area contributed by atoms with E-state index in [1.807, 2.05) is 12.1 Å². The lowest BCUT2D eigenvalue weighted by atomic mass is 9.94. The van der Waals surface area contributed by atoms with Gasteiger partial charge in [-0.1, -0.05) is 6.07 Å². The topological polar surface area (TPSA) is 47.6 Å². The third kappa shape index (κ3) is 2.48. The van der Waals surface area contributed by atoms with Crippen LogP contribution in [0.25, 0.3) is 0 Å². The van der Waals surface area contributed by atoms with Gasteiger partial charge in [0, 0.05) is 6.07 Å². The molecule has 1 N–H and O–H groups in total. The number of benzene rings is 2. The molecule has 0 bridgehead atoms. The summed E-state index contributed by atoms with van der Waals surface area (Å²) in [5.74, 6) is -0.499. The van der Waals surface area contributed by atoms with E-state index >= 15 is 0 Å². The minimum Gasteiger partial charge on any atom is -0.486 e. The second-order valence-electron chi connectivity index (χ2n) is 6.02. The molecule has 0 saturated heterocycles. The highest BCUT2D eigenvalue weighted by Gasteiger charge is 2.51. The standard InChI is InChI=1S/C18H15F2NO3/c19-12-2-3-14(13(20)10-12)21-17(22)18(5-6-18)11-1-4-15-16(9-11)24-8-7-23-15/h1-4,9-10H,5-8H2,(H,21,22). The monoisotopic (exact) mass is 331 g/mol. The van der Waals surface area contributed by atoms with Gasteiger partial charge in [-0.15, -0.1) is 0 Å². The normalized spacial score (nSPS) is 17.2. The number of anilines is 1. The number of hydrogen-bond acceptors (Lipinski definition) is 3. The Morgan fingerprint density at radius 1 is 1.00 bits per heavy atom. The smallest absolute Gasteiger partial charge is 0.235 e. The molecule has 1 heterocycles. The van der Waals surface area contributed by atoms with Gasteiger partial charge in [-0.05, 0) is 42.7 Å². The number of fused-ring (bicyclic) bond motifs is 1. The molecule has 2 aliphatic rings. The van der Waals surface area contributed by atoms with Crippen LogP contribution in [0.15, 0.2) is 36.4 Å². The fraction of sp³-hybridized carbons (Fsp3) is 0.278. The second-order valence-corrected chi connectivity index (χ2v) is 6.02. The molecule has 2 aromatic carbocycles. The van der Waals surface area contributed by atoms with E-state index in [4.69, 9.17) is 9.47 Å². The molecule has 6 heteroatoms. The predicted octanol–water partition coefficient (Wildman–Crippen LogP) is 3.41. The van der Waals surface area contributed by atoms with Gasteiger partial charge in [-0.25, -0.2) is 8.78 Å². The van der Waals surface area contributed by atoms with Crippen LogP contribution in [0.4, 0.5) is 14.5 Å². The molecule has 24 heavy (non-hydrogen) atoms. The van der Waals surface area contributed by atoms with Gasteiger partial charge in [-0.2, -0.15) is 0 Å². The number of amides is 1. The van der Waals surface area contributed by atoms with Gasteiger partial charge in [-0.3, -0.25) is 4.79 Å². The molecule has 0 aromatic heterocycles. The highest BCUT2D eigenvalue weighted by molar-refractivity contribution is 6.01. The number of carbonyl (C=O) groups excluding carboxylic acids is 1. The number of ether oxygens (including phenoxy) is 2. The van der Waals surface area contributed by atoms with E-state index in [1.54, 1.807) is 6.07 Å². The highest BCUT2D eigenvalue weighted by atomic mass is 19.1. The first-order chi connectivity index (χ1) is 11.6. The van der Waals surface area contributed by atoms with Crippen molar-refractivity contribution in [2.24, 2.45) is 0 Å². The van der Waals surface area contributed by atoms with Crippen LogP contribution in [0.1, 0.15) is 18.4 Å². The van der Waals surface area contributed by atoms with Crippen molar-refractivity contribution >= 4 is 11.6 Å². The molecule has 1 saturated carbocycles. The number of hydrogen-bond donors (Lipinski definition) is 1. The minimum absolute atomic E-state index is 0.0229. The lowest BCUT2D eigenvalue weighted by Gasteiger charge is -2.21. The lowest BCUT2D eigenvalue weighted by molar-refractivity contribution is -0.118. The van der Waals surface area contributed by atoms with Crippen LogP contribution in [0.2, 0.25) is 0 Å². The van der Waals surface area contributed by atoms with Crippen molar-refractivity contribution in [3.63, 3.8) is 0 Å². The molecule has 1 aliphatic heterocycles. The van der Waals surface area contributed by atoms with Crippen molar-refractivity contribution in [3.8, 4) is 11.5 Å². The Hall–Kier alpha value is -2.63. The van der Waals surface area contributed by atoms with Crippen molar-refractivity contribution in [1.82, 2.24) is 0 Å². The lowest BCUT2D eigenvalue weighted by Crippen LogP contribution is -2.28. The summed E-state index contributed by atoms with van der Waals surface area (Å²) in [5.41, 5.74) is 0.0911. The molecule has 0 atom stereocenters. The van der Waals surface area contributed by atoms with E-state index in [0.717, 1.165) is 17.7 Å². The summed E-state index contributed by atoms with van der Waals surface area (Å²) in [6.07, 6.45) is 1.34. The zero-order valence-electron chi connectivity index (χ0n) is 12.8. The largest absolute Gasteiger partial charge is 0.486 e. The van der Waals surface area contributed by atoms with Crippen LogP contribution in [0, 0.1) is 11.6 Å². The first-order valence-corrected chi connectivity index (χ1v) is 7.75. The molecule has 0 radical (unpaired) electrons. The zero-order chi connectivity index (χ0) is 16.7. The summed E-state index contributed by atoms with van der Waals surface area (Å²) in [6, 6.07) is 8.52. The molecule has 4 nitrogen and oxygen atoms in total. The van der Waals surface area contributed by atoms with Crippen molar-refractivity contribution in [2.45, 2.75) is 18.3 Å². The Morgan fingerprint density at radius 3 is 2.46 bits per heavy atom. The summed E-state index contributed by atoms with van der Waals surface area (Å²) in [4.78, 5) is 12.7. The summed E-state index contributed by atoms with van der Waals surface area (Å²) in [7, 11) is 0. The van der Waals surface area contributed by atoms with Crippen LogP contribution in [-0.2, 0) is 10.2 Å². The molecular weight excluding hydrogens is 316 g/mol. The summed E-state index contributed by atoms with van der Waals surface area (Å²) < 4.78 is 37.8. The number of halogens is 2. The molecular formula is C18H15F2NO3. The molecule has 1 aliphatic carbocycles. The number of rotatable bonds is 3. The van der Waals surface area contributed by atoms with E-state index in [-0.39, 0.29) is 11.6 Å². The summed E-state index contributed by atoms with van der Waals surface area (Å²) in [6.45, 7) is 0.970. The van der Waals surface area contributed by atoms with Gasteiger partial charge >= 0.3 is 0 Å². The molecule has 1 amide bonds. The van der Waals surface area contributed by atoms with Gasteiger partial charge in [0.2, 0.25) is 5.91 Å². The van der Waals surface area contributed by atoms with Gasteiger partial charge in [0.25, 0.3) is 0 Å². The first-order valence-electron chi connectivity index (χ1n) is 7.75. The fourth-order valence-electron chi connectivity index (χ4n) is 2.95. The Kier molecular flexibility index (Phi) is 3.40. The third-order valence-corrected chi connectivity index (χ3v) is 4.46. The van der Waals surface area contributed by atoms with Gasteiger partial charge in [0.1, 0.15) is 24.8 Å². The Bertz CT molecular complexity index is 818. The Balaban J connectivity index is 1.59. The van der Waals surface area contributed by atoms with Crippen LogP contribution in [0.3, 0.4) is 0 Å². The van der Waals surface area contributed by atoms with Crippen molar-refractivity contribution in [3.05, 3.63) is 53.6 Å². The molecule has 124 valence electrons. The zero-order valence-corrected chi connectivity index (χ0v) is 12.8.